The molecular formula is C15H29NO2S. The third kappa shape index (κ3) is 3.29. The average Bonchev–Trinajstić information content (AvgIpc) is 2.46. The van der Waals surface area contributed by atoms with Crippen molar-refractivity contribution < 1.29 is 9.47 Å². The number of ether oxygens (including phenoxy) is 2. The maximum absolute atomic E-state index is 6.55. The van der Waals surface area contributed by atoms with Gasteiger partial charge in [0, 0.05) is 19.8 Å². The van der Waals surface area contributed by atoms with E-state index >= 15 is 0 Å². The molecule has 3 unspecified atom stereocenters. The van der Waals surface area contributed by atoms with E-state index < -0.39 is 0 Å². The molecule has 0 aromatic rings. The third-order valence-electron chi connectivity index (χ3n) is 5.32. The lowest BCUT2D eigenvalue weighted by Gasteiger charge is -2.47. The lowest BCUT2D eigenvalue weighted by molar-refractivity contribution is -0.123. The van der Waals surface area contributed by atoms with Crippen molar-refractivity contribution in [1.82, 2.24) is 0 Å². The summed E-state index contributed by atoms with van der Waals surface area (Å²) in [5.41, 5.74) is 6.47. The van der Waals surface area contributed by atoms with Crippen molar-refractivity contribution in [2.24, 2.45) is 11.7 Å². The molecule has 2 aliphatic heterocycles. The van der Waals surface area contributed by atoms with Crippen LogP contribution in [0.2, 0.25) is 0 Å². The molecular weight excluding hydrogens is 258 g/mol. The van der Waals surface area contributed by atoms with Gasteiger partial charge in [0.2, 0.25) is 0 Å². The molecule has 1 spiro atoms. The Kier molecular flexibility index (Phi) is 5.21. The second-order valence-corrected chi connectivity index (χ2v) is 7.52. The van der Waals surface area contributed by atoms with Crippen molar-refractivity contribution in [3.8, 4) is 0 Å². The fourth-order valence-electron chi connectivity index (χ4n) is 3.48. The Bertz CT molecular complexity index is 282. The quantitative estimate of drug-likeness (QED) is 0.863. The van der Waals surface area contributed by atoms with Crippen LogP contribution in [0.25, 0.3) is 0 Å². The van der Waals surface area contributed by atoms with Crippen LogP contribution < -0.4 is 5.73 Å². The van der Waals surface area contributed by atoms with Crippen LogP contribution in [0.1, 0.15) is 46.0 Å². The number of methoxy groups -OCH3 is 1. The first kappa shape index (κ1) is 15.6. The summed E-state index contributed by atoms with van der Waals surface area (Å²) in [5, 5.41) is 0. The number of rotatable bonds is 4. The molecule has 0 radical (unpaired) electrons. The van der Waals surface area contributed by atoms with E-state index in [4.69, 9.17) is 15.2 Å². The van der Waals surface area contributed by atoms with E-state index in [-0.39, 0.29) is 17.2 Å². The predicted octanol–water partition coefficient (Wildman–Crippen LogP) is 2.82. The molecule has 2 fully saturated rings. The molecule has 0 saturated carbocycles. The molecule has 3 atom stereocenters. The highest BCUT2D eigenvalue weighted by atomic mass is 32.2. The molecule has 2 heterocycles. The monoisotopic (exact) mass is 287 g/mol. The van der Waals surface area contributed by atoms with Gasteiger partial charge in [-0.3, -0.25) is 0 Å². The molecule has 0 aromatic carbocycles. The maximum Gasteiger partial charge on any atom is 0.0801 e. The predicted molar refractivity (Wildman–Crippen MR) is 81.6 cm³/mol. The molecule has 112 valence electrons. The smallest absolute Gasteiger partial charge is 0.0801 e. The summed E-state index contributed by atoms with van der Waals surface area (Å²) < 4.78 is 11.9. The standard InChI is InChI=1S/C15H29NO2S/c1-4-14(2,17-3)13(16)12-5-8-18-15(11-12)6-9-19-10-7-15/h12-13H,4-11,16H2,1-3H3. The lowest BCUT2D eigenvalue weighted by Crippen LogP contribution is -2.55. The number of nitrogens with two attached hydrogens (primary N) is 1. The Morgan fingerprint density at radius 2 is 2.16 bits per heavy atom. The van der Waals surface area contributed by atoms with Gasteiger partial charge in [0.25, 0.3) is 0 Å². The summed E-state index contributed by atoms with van der Waals surface area (Å²) in [7, 11) is 1.79. The molecule has 0 aromatic heterocycles. The van der Waals surface area contributed by atoms with Crippen LogP contribution in [0.15, 0.2) is 0 Å². The SMILES string of the molecule is CCC(C)(OC)C(N)C1CCOC2(CCSCC2)C1. The largest absolute Gasteiger partial charge is 0.377 e. The molecule has 4 heteroatoms. The highest BCUT2D eigenvalue weighted by Gasteiger charge is 2.44. The van der Waals surface area contributed by atoms with E-state index in [2.05, 4.69) is 25.6 Å². The van der Waals surface area contributed by atoms with Gasteiger partial charge >= 0.3 is 0 Å². The van der Waals surface area contributed by atoms with Gasteiger partial charge in [-0.2, -0.15) is 11.8 Å². The minimum absolute atomic E-state index is 0.109. The molecule has 2 N–H and O–H groups in total. The van der Waals surface area contributed by atoms with Gasteiger partial charge in [-0.05, 0) is 56.5 Å². The lowest BCUT2D eigenvalue weighted by atomic mass is 9.74. The van der Waals surface area contributed by atoms with Crippen molar-refractivity contribution in [3.05, 3.63) is 0 Å². The molecule has 2 aliphatic rings. The summed E-state index contributed by atoms with van der Waals surface area (Å²) >= 11 is 2.05. The van der Waals surface area contributed by atoms with Gasteiger partial charge in [0.15, 0.2) is 0 Å². The van der Waals surface area contributed by atoms with Crippen LogP contribution in [-0.2, 0) is 9.47 Å². The Morgan fingerprint density at radius 1 is 1.47 bits per heavy atom. The molecule has 3 nitrogen and oxygen atoms in total. The molecule has 0 aliphatic carbocycles. The fourth-order valence-corrected chi connectivity index (χ4v) is 4.72. The second kappa shape index (κ2) is 6.33. The fraction of sp³-hybridized carbons (Fsp3) is 1.00. The van der Waals surface area contributed by atoms with E-state index in [0.717, 1.165) is 25.9 Å². The van der Waals surface area contributed by atoms with Crippen LogP contribution in [-0.4, -0.2) is 42.5 Å². The first-order valence-electron chi connectivity index (χ1n) is 7.58. The third-order valence-corrected chi connectivity index (χ3v) is 6.30. The van der Waals surface area contributed by atoms with E-state index in [9.17, 15) is 0 Å². The first-order valence-corrected chi connectivity index (χ1v) is 8.73. The van der Waals surface area contributed by atoms with Gasteiger partial charge in [-0.1, -0.05) is 6.92 Å². The summed E-state index contributed by atoms with van der Waals surface area (Å²) in [6.07, 6.45) is 5.54. The topological polar surface area (TPSA) is 44.5 Å². The Morgan fingerprint density at radius 3 is 2.74 bits per heavy atom. The van der Waals surface area contributed by atoms with E-state index in [1.54, 1.807) is 7.11 Å². The van der Waals surface area contributed by atoms with Crippen molar-refractivity contribution in [2.45, 2.75) is 63.2 Å². The van der Waals surface area contributed by atoms with Gasteiger partial charge in [0.1, 0.15) is 0 Å². The number of hydrogen-bond acceptors (Lipinski definition) is 4. The van der Waals surface area contributed by atoms with Crippen LogP contribution in [0.5, 0.6) is 0 Å². The van der Waals surface area contributed by atoms with Gasteiger partial charge in [-0.15, -0.1) is 0 Å². The average molecular weight is 287 g/mol. The Hall–Kier alpha value is 0.230. The maximum atomic E-state index is 6.55. The highest BCUT2D eigenvalue weighted by Crippen LogP contribution is 2.42. The minimum atomic E-state index is -0.202. The van der Waals surface area contributed by atoms with Crippen molar-refractivity contribution in [1.29, 1.82) is 0 Å². The van der Waals surface area contributed by atoms with Gasteiger partial charge in [0.05, 0.1) is 11.2 Å². The number of thioether (sulfide) groups is 1. The van der Waals surface area contributed by atoms with Crippen molar-refractivity contribution in [3.63, 3.8) is 0 Å². The van der Waals surface area contributed by atoms with Crippen LogP contribution in [0.4, 0.5) is 0 Å². The summed E-state index contributed by atoms with van der Waals surface area (Å²) in [4.78, 5) is 0. The van der Waals surface area contributed by atoms with Gasteiger partial charge < -0.3 is 15.2 Å². The first-order chi connectivity index (χ1) is 9.05. The van der Waals surface area contributed by atoms with E-state index in [0.29, 0.717) is 5.92 Å². The zero-order valence-electron chi connectivity index (χ0n) is 12.6. The molecule has 2 rings (SSSR count). The van der Waals surface area contributed by atoms with Gasteiger partial charge in [-0.25, -0.2) is 0 Å². The molecule has 0 amide bonds. The zero-order valence-corrected chi connectivity index (χ0v) is 13.4. The Labute approximate surface area is 122 Å². The minimum Gasteiger partial charge on any atom is -0.377 e. The summed E-state index contributed by atoms with van der Waals surface area (Å²) in [5.74, 6) is 3.00. The Balaban J connectivity index is 2.04. The molecule has 0 bridgehead atoms. The van der Waals surface area contributed by atoms with Crippen molar-refractivity contribution in [2.75, 3.05) is 25.2 Å². The molecule has 19 heavy (non-hydrogen) atoms. The summed E-state index contributed by atoms with van der Waals surface area (Å²) in [6, 6.07) is 0.109. The second-order valence-electron chi connectivity index (χ2n) is 6.29. The van der Waals surface area contributed by atoms with Crippen LogP contribution in [0, 0.1) is 5.92 Å². The van der Waals surface area contributed by atoms with Crippen LogP contribution in [0.3, 0.4) is 0 Å². The van der Waals surface area contributed by atoms with E-state index in [1.807, 2.05) is 0 Å². The zero-order chi connectivity index (χ0) is 13.9. The van der Waals surface area contributed by atoms with Crippen molar-refractivity contribution >= 4 is 11.8 Å². The van der Waals surface area contributed by atoms with E-state index in [1.165, 1.54) is 24.3 Å². The normalized spacial score (nSPS) is 31.9. The number of hydrogen-bond donors (Lipinski definition) is 1. The van der Waals surface area contributed by atoms with Crippen LogP contribution >= 0.6 is 11.8 Å². The highest BCUT2D eigenvalue weighted by molar-refractivity contribution is 7.99. The molecule has 2 saturated heterocycles. The summed E-state index contributed by atoms with van der Waals surface area (Å²) in [6.45, 7) is 5.18.